The molecular weight excluding hydrogens is 324 g/mol. The number of likely N-dealkylation sites (tertiary alicyclic amines) is 1. The lowest BCUT2D eigenvalue weighted by atomic mass is 9.97. The second-order valence-corrected chi connectivity index (χ2v) is 6.41. The summed E-state index contributed by atoms with van der Waals surface area (Å²) in [6, 6.07) is 5.46. The predicted octanol–water partition coefficient (Wildman–Crippen LogP) is 2.42. The highest BCUT2D eigenvalue weighted by Crippen LogP contribution is 2.33. The summed E-state index contributed by atoms with van der Waals surface area (Å²) >= 11 is 0. The van der Waals surface area contributed by atoms with Gasteiger partial charge < -0.3 is 24.8 Å². The highest BCUT2D eigenvalue weighted by Gasteiger charge is 2.28. The van der Waals surface area contributed by atoms with Gasteiger partial charge in [0.1, 0.15) is 13.2 Å². The molecule has 25 heavy (non-hydrogen) atoms. The Bertz CT molecular complexity index is 640. The second-order valence-electron chi connectivity index (χ2n) is 6.41. The average Bonchev–Trinajstić information content (AvgIpc) is 2.65. The van der Waals surface area contributed by atoms with Crippen molar-refractivity contribution in [3.05, 3.63) is 23.8 Å². The fraction of sp³-hybridized carbons (Fsp3) is 0.556. The Hall–Kier alpha value is -2.44. The van der Waals surface area contributed by atoms with E-state index in [1.807, 2.05) is 25.1 Å². The number of piperidine rings is 1. The first kappa shape index (κ1) is 17.4. The summed E-state index contributed by atoms with van der Waals surface area (Å²) in [6.07, 6.45) is 1.75. The number of ether oxygens (including phenoxy) is 2. The number of carboxylic acids is 1. The Morgan fingerprint density at radius 2 is 1.92 bits per heavy atom. The number of hydrogen-bond acceptors (Lipinski definition) is 4. The van der Waals surface area contributed by atoms with Crippen molar-refractivity contribution in [2.75, 3.05) is 26.3 Å². The van der Waals surface area contributed by atoms with Crippen molar-refractivity contribution in [3.63, 3.8) is 0 Å². The van der Waals surface area contributed by atoms with E-state index >= 15 is 0 Å². The van der Waals surface area contributed by atoms with Crippen molar-refractivity contribution < 1.29 is 24.2 Å². The number of aliphatic carboxylic acids is 1. The molecule has 0 radical (unpaired) electrons. The van der Waals surface area contributed by atoms with E-state index in [1.165, 1.54) is 0 Å². The van der Waals surface area contributed by atoms with Crippen molar-refractivity contribution in [2.24, 2.45) is 5.92 Å². The topological polar surface area (TPSA) is 88.1 Å². The van der Waals surface area contributed by atoms with Gasteiger partial charge in [0, 0.05) is 13.1 Å². The van der Waals surface area contributed by atoms with E-state index in [0.717, 1.165) is 17.7 Å². The number of carboxylic acid groups (broad SMARTS) is 1. The zero-order valence-corrected chi connectivity index (χ0v) is 14.4. The number of carbonyl (C=O) groups excluding carboxylic acids is 1. The van der Waals surface area contributed by atoms with Gasteiger partial charge in [-0.15, -0.1) is 0 Å². The molecule has 1 saturated heterocycles. The Balaban J connectivity index is 1.62. The van der Waals surface area contributed by atoms with Gasteiger partial charge in [-0.25, -0.2) is 4.79 Å². The fourth-order valence-corrected chi connectivity index (χ4v) is 3.27. The molecule has 0 aliphatic carbocycles. The van der Waals surface area contributed by atoms with Crippen molar-refractivity contribution >= 4 is 12.0 Å². The highest BCUT2D eigenvalue weighted by atomic mass is 16.6. The largest absolute Gasteiger partial charge is 0.486 e. The predicted molar refractivity (Wildman–Crippen MR) is 90.9 cm³/mol. The number of benzene rings is 1. The number of nitrogens with zero attached hydrogens (tertiary/aromatic N) is 1. The van der Waals surface area contributed by atoms with E-state index in [9.17, 15) is 9.59 Å². The van der Waals surface area contributed by atoms with Gasteiger partial charge in [0.05, 0.1) is 12.0 Å². The summed E-state index contributed by atoms with van der Waals surface area (Å²) < 4.78 is 11.1. The van der Waals surface area contributed by atoms with Crippen LogP contribution >= 0.6 is 0 Å². The Morgan fingerprint density at radius 1 is 1.24 bits per heavy atom. The van der Waals surface area contributed by atoms with E-state index in [2.05, 4.69) is 5.32 Å². The number of hydrogen-bond donors (Lipinski definition) is 2. The molecule has 1 unspecified atom stereocenters. The molecule has 1 aromatic rings. The van der Waals surface area contributed by atoms with Crippen LogP contribution in [0.15, 0.2) is 18.2 Å². The molecule has 1 aromatic carbocycles. The van der Waals surface area contributed by atoms with Gasteiger partial charge >= 0.3 is 12.0 Å². The first-order valence-corrected chi connectivity index (χ1v) is 8.76. The number of nitrogens with one attached hydrogen (secondary N) is 1. The van der Waals surface area contributed by atoms with Crippen LogP contribution in [0.1, 0.15) is 37.8 Å². The molecule has 2 amide bonds. The van der Waals surface area contributed by atoms with Gasteiger partial charge in [-0.05, 0) is 37.0 Å². The third-order valence-corrected chi connectivity index (χ3v) is 4.81. The number of amides is 2. The minimum Gasteiger partial charge on any atom is -0.486 e. The van der Waals surface area contributed by atoms with Crippen LogP contribution in [0.5, 0.6) is 11.5 Å². The zero-order chi connectivity index (χ0) is 17.8. The Kier molecular flexibility index (Phi) is 5.31. The van der Waals surface area contributed by atoms with Crippen LogP contribution in [0.25, 0.3) is 0 Å². The normalized spacial score (nSPS) is 18.5. The number of urea groups is 1. The Labute approximate surface area is 146 Å². The van der Waals surface area contributed by atoms with Crippen molar-refractivity contribution in [2.45, 2.75) is 32.2 Å². The maximum Gasteiger partial charge on any atom is 0.317 e. The highest BCUT2D eigenvalue weighted by molar-refractivity contribution is 5.76. The molecule has 2 aliphatic heterocycles. The van der Waals surface area contributed by atoms with E-state index in [-0.39, 0.29) is 18.0 Å². The third kappa shape index (κ3) is 3.97. The van der Waals surface area contributed by atoms with E-state index < -0.39 is 5.97 Å². The van der Waals surface area contributed by atoms with Crippen LogP contribution < -0.4 is 14.8 Å². The molecule has 7 nitrogen and oxygen atoms in total. The molecule has 1 fully saturated rings. The smallest absolute Gasteiger partial charge is 0.317 e. The van der Waals surface area contributed by atoms with Gasteiger partial charge in [-0.1, -0.05) is 13.0 Å². The standard InChI is InChI=1S/C18H24N2O5/c1-2-14(13-3-4-15-16(11-13)25-10-9-24-15)19-18(23)20-7-5-12(6-8-20)17(21)22/h3-4,11-12,14H,2,5-10H2,1H3,(H,19,23)(H,21,22). The Morgan fingerprint density at radius 3 is 2.56 bits per heavy atom. The molecule has 1 atom stereocenters. The summed E-state index contributed by atoms with van der Waals surface area (Å²) in [6.45, 7) is 4.03. The second kappa shape index (κ2) is 7.63. The average molecular weight is 348 g/mol. The van der Waals surface area contributed by atoms with Gasteiger partial charge in [0.15, 0.2) is 11.5 Å². The summed E-state index contributed by atoms with van der Waals surface area (Å²) in [5, 5.41) is 12.1. The molecule has 0 aromatic heterocycles. The molecule has 2 N–H and O–H groups in total. The van der Waals surface area contributed by atoms with Crippen LogP contribution in [-0.2, 0) is 4.79 Å². The molecule has 0 spiro atoms. The molecule has 2 heterocycles. The number of fused-ring (bicyclic) bond motifs is 1. The van der Waals surface area contributed by atoms with Gasteiger partial charge in [-0.2, -0.15) is 0 Å². The van der Waals surface area contributed by atoms with Gasteiger partial charge in [0.2, 0.25) is 0 Å². The summed E-state index contributed by atoms with van der Waals surface area (Å²) in [4.78, 5) is 25.2. The third-order valence-electron chi connectivity index (χ3n) is 4.81. The maximum absolute atomic E-state index is 12.5. The van der Waals surface area contributed by atoms with Crippen LogP contribution in [0.2, 0.25) is 0 Å². The summed E-state index contributed by atoms with van der Waals surface area (Å²) in [5.41, 5.74) is 0.973. The lowest BCUT2D eigenvalue weighted by molar-refractivity contribution is -0.143. The molecule has 0 saturated carbocycles. The monoisotopic (exact) mass is 348 g/mol. The van der Waals surface area contributed by atoms with E-state index in [4.69, 9.17) is 14.6 Å². The van der Waals surface area contributed by atoms with E-state index in [0.29, 0.717) is 44.9 Å². The summed E-state index contributed by atoms with van der Waals surface area (Å²) in [5.74, 6) is 0.317. The summed E-state index contributed by atoms with van der Waals surface area (Å²) in [7, 11) is 0. The fourth-order valence-electron chi connectivity index (χ4n) is 3.27. The zero-order valence-electron chi connectivity index (χ0n) is 14.4. The van der Waals surface area contributed by atoms with Gasteiger partial charge in [0.25, 0.3) is 0 Å². The molecular formula is C18H24N2O5. The van der Waals surface area contributed by atoms with Crippen molar-refractivity contribution in [1.29, 1.82) is 0 Å². The van der Waals surface area contributed by atoms with Crippen molar-refractivity contribution in [3.8, 4) is 11.5 Å². The SMILES string of the molecule is CCC(NC(=O)N1CCC(C(=O)O)CC1)c1ccc2c(c1)OCCO2. The van der Waals surface area contributed by atoms with Crippen molar-refractivity contribution in [1.82, 2.24) is 10.2 Å². The molecule has 2 aliphatic rings. The van der Waals surface area contributed by atoms with Crippen LogP contribution in [0, 0.1) is 5.92 Å². The lowest BCUT2D eigenvalue weighted by Crippen LogP contribution is -2.46. The number of rotatable bonds is 4. The molecule has 7 heteroatoms. The lowest BCUT2D eigenvalue weighted by Gasteiger charge is -2.32. The first-order valence-electron chi connectivity index (χ1n) is 8.76. The first-order chi connectivity index (χ1) is 12.1. The van der Waals surface area contributed by atoms with Crippen LogP contribution in [0.4, 0.5) is 4.79 Å². The maximum atomic E-state index is 12.5. The van der Waals surface area contributed by atoms with E-state index in [1.54, 1.807) is 4.90 Å². The van der Waals surface area contributed by atoms with Gasteiger partial charge in [-0.3, -0.25) is 4.79 Å². The number of carbonyl (C=O) groups is 2. The quantitative estimate of drug-likeness (QED) is 0.872. The minimum absolute atomic E-state index is 0.125. The van der Waals surface area contributed by atoms with Crippen LogP contribution in [-0.4, -0.2) is 48.3 Å². The molecule has 3 rings (SSSR count). The molecule has 0 bridgehead atoms. The van der Waals surface area contributed by atoms with Crippen LogP contribution in [0.3, 0.4) is 0 Å². The minimum atomic E-state index is -0.775. The molecule has 136 valence electrons.